The minimum absolute atomic E-state index is 0.127. The fourth-order valence-electron chi connectivity index (χ4n) is 3.18. The van der Waals surface area contributed by atoms with Crippen LogP contribution in [0, 0.1) is 5.82 Å². The van der Waals surface area contributed by atoms with Gasteiger partial charge in [0.15, 0.2) is 0 Å². The Bertz CT molecular complexity index is 887. The number of fused-ring (bicyclic) bond motifs is 1. The molecular formula is C19H23ClFN3O2S. The number of hydrogen-bond acceptors (Lipinski definition) is 3. The highest BCUT2D eigenvalue weighted by atomic mass is 35.5. The van der Waals surface area contributed by atoms with Crippen LogP contribution in [-0.2, 0) is 29.7 Å². The summed E-state index contributed by atoms with van der Waals surface area (Å²) < 4.78 is 42.4. The van der Waals surface area contributed by atoms with Gasteiger partial charge in [-0.1, -0.05) is 41.9 Å². The molecule has 0 aromatic heterocycles. The van der Waals surface area contributed by atoms with Crippen LogP contribution in [0.15, 0.2) is 42.5 Å². The zero-order chi connectivity index (χ0) is 19.4. The molecule has 3 rings (SSSR count). The van der Waals surface area contributed by atoms with Gasteiger partial charge in [0.1, 0.15) is 5.82 Å². The molecule has 0 aliphatic carbocycles. The third-order valence-corrected chi connectivity index (χ3v) is 6.65. The van der Waals surface area contributed by atoms with Gasteiger partial charge in [0.05, 0.1) is 0 Å². The minimum atomic E-state index is -3.72. The number of benzene rings is 2. The topological polar surface area (TPSA) is 52.7 Å². The summed E-state index contributed by atoms with van der Waals surface area (Å²) in [4.78, 5) is 2.22. The highest BCUT2D eigenvalue weighted by Gasteiger charge is 2.21. The lowest BCUT2D eigenvalue weighted by Crippen LogP contribution is -2.42. The fraction of sp³-hybridized carbons (Fsp3) is 0.368. The molecule has 2 aromatic rings. The maximum Gasteiger partial charge on any atom is 0.279 e. The molecule has 0 atom stereocenters. The van der Waals surface area contributed by atoms with Gasteiger partial charge < -0.3 is 0 Å². The molecule has 0 saturated heterocycles. The van der Waals surface area contributed by atoms with Gasteiger partial charge in [-0.3, -0.25) is 4.90 Å². The van der Waals surface area contributed by atoms with E-state index in [0.717, 1.165) is 23.8 Å². The molecule has 0 radical (unpaired) electrons. The van der Waals surface area contributed by atoms with Crippen molar-refractivity contribution in [1.82, 2.24) is 13.9 Å². The van der Waals surface area contributed by atoms with Gasteiger partial charge in [0.2, 0.25) is 0 Å². The Labute approximate surface area is 164 Å². The lowest BCUT2D eigenvalue weighted by molar-refractivity contribution is 0.258. The van der Waals surface area contributed by atoms with Gasteiger partial charge in [0.25, 0.3) is 10.2 Å². The van der Waals surface area contributed by atoms with E-state index in [1.165, 1.54) is 30.3 Å². The van der Waals surface area contributed by atoms with Crippen molar-refractivity contribution in [3.63, 3.8) is 0 Å². The van der Waals surface area contributed by atoms with Crippen LogP contribution in [0.1, 0.15) is 16.7 Å². The second-order valence-corrected chi connectivity index (χ2v) is 8.92. The van der Waals surface area contributed by atoms with Crippen LogP contribution in [0.4, 0.5) is 4.39 Å². The van der Waals surface area contributed by atoms with Crippen molar-refractivity contribution < 1.29 is 12.8 Å². The van der Waals surface area contributed by atoms with Gasteiger partial charge in [-0.15, -0.1) is 0 Å². The average molecular weight is 412 g/mol. The van der Waals surface area contributed by atoms with E-state index in [-0.39, 0.29) is 17.1 Å². The Morgan fingerprint density at radius 3 is 2.67 bits per heavy atom. The van der Waals surface area contributed by atoms with E-state index in [4.69, 9.17) is 11.6 Å². The number of nitrogens with zero attached hydrogens (tertiary/aromatic N) is 2. The highest BCUT2D eigenvalue weighted by molar-refractivity contribution is 7.87. The summed E-state index contributed by atoms with van der Waals surface area (Å²) in [6, 6.07) is 12.6. The quantitative estimate of drug-likeness (QED) is 0.762. The highest BCUT2D eigenvalue weighted by Crippen LogP contribution is 2.21. The first-order valence-corrected chi connectivity index (χ1v) is 10.6. The Hall–Kier alpha value is -1.51. The predicted octanol–water partition coefficient (Wildman–Crippen LogP) is 2.80. The number of hydrogen-bond donors (Lipinski definition) is 1. The molecule has 1 N–H and O–H groups in total. The lowest BCUT2D eigenvalue weighted by atomic mass is 10.0. The molecule has 1 aliphatic rings. The fourth-order valence-corrected chi connectivity index (χ4v) is 4.27. The van der Waals surface area contributed by atoms with Crippen molar-refractivity contribution in [2.75, 3.05) is 26.7 Å². The summed E-state index contributed by atoms with van der Waals surface area (Å²) in [5.41, 5.74) is 2.81. The molecule has 146 valence electrons. The Kier molecular flexibility index (Phi) is 6.49. The average Bonchev–Trinajstić information content (AvgIpc) is 2.64. The van der Waals surface area contributed by atoms with Crippen molar-refractivity contribution in [3.8, 4) is 0 Å². The van der Waals surface area contributed by atoms with E-state index in [1.807, 2.05) is 12.1 Å². The van der Waals surface area contributed by atoms with Crippen LogP contribution in [0.2, 0.25) is 5.02 Å². The van der Waals surface area contributed by atoms with Gasteiger partial charge >= 0.3 is 0 Å². The summed E-state index contributed by atoms with van der Waals surface area (Å²) in [6.45, 7) is 2.50. The molecule has 0 fully saturated rings. The number of rotatable bonds is 7. The van der Waals surface area contributed by atoms with Crippen LogP contribution < -0.4 is 4.72 Å². The monoisotopic (exact) mass is 411 g/mol. The molecule has 0 spiro atoms. The van der Waals surface area contributed by atoms with Crippen molar-refractivity contribution in [1.29, 1.82) is 0 Å². The molecule has 5 nitrogen and oxygen atoms in total. The maximum atomic E-state index is 13.9. The van der Waals surface area contributed by atoms with E-state index < -0.39 is 16.0 Å². The molecule has 2 aromatic carbocycles. The van der Waals surface area contributed by atoms with Gasteiger partial charge in [0, 0.05) is 50.4 Å². The first kappa shape index (κ1) is 20.2. The third kappa shape index (κ3) is 5.06. The smallest absolute Gasteiger partial charge is 0.279 e. The molecule has 0 bridgehead atoms. The first-order chi connectivity index (χ1) is 12.9. The Balaban J connectivity index is 1.53. The molecule has 1 aliphatic heterocycles. The number of nitrogens with one attached hydrogen (secondary N) is 1. The molecule has 8 heteroatoms. The van der Waals surface area contributed by atoms with Crippen LogP contribution in [0.5, 0.6) is 0 Å². The summed E-state index contributed by atoms with van der Waals surface area (Å²) in [6.07, 6.45) is 0.967. The summed E-state index contributed by atoms with van der Waals surface area (Å²) >= 11 is 5.98. The maximum absolute atomic E-state index is 13.9. The van der Waals surface area contributed by atoms with Gasteiger partial charge in [-0.05, 0) is 29.7 Å². The predicted molar refractivity (Wildman–Crippen MR) is 105 cm³/mol. The summed E-state index contributed by atoms with van der Waals surface area (Å²) in [7, 11) is -2.32. The standard InChI is InChI=1S/C19H23ClFN3O2S/c1-23(14-17-18(20)7-4-8-19(17)21)27(25,26)22-10-12-24-11-9-15-5-2-3-6-16(15)13-24/h2-8,22H,9-14H2,1H3. The van der Waals surface area contributed by atoms with E-state index in [1.54, 1.807) is 6.07 Å². The second kappa shape index (κ2) is 8.67. The van der Waals surface area contributed by atoms with E-state index in [0.29, 0.717) is 13.1 Å². The molecule has 0 saturated carbocycles. The van der Waals surface area contributed by atoms with Crippen molar-refractivity contribution in [2.45, 2.75) is 19.5 Å². The van der Waals surface area contributed by atoms with Crippen LogP contribution >= 0.6 is 11.6 Å². The zero-order valence-corrected chi connectivity index (χ0v) is 16.7. The van der Waals surface area contributed by atoms with Crippen molar-refractivity contribution >= 4 is 21.8 Å². The summed E-state index contributed by atoms with van der Waals surface area (Å²) in [5.74, 6) is -0.517. The van der Waals surface area contributed by atoms with Gasteiger partial charge in [-0.25, -0.2) is 9.11 Å². The molecule has 0 unspecified atom stereocenters. The second-order valence-electron chi connectivity index (χ2n) is 6.65. The zero-order valence-electron chi connectivity index (χ0n) is 15.2. The number of halogens is 2. The normalized spacial score (nSPS) is 15.1. The Morgan fingerprint density at radius 2 is 1.93 bits per heavy atom. The molecule has 0 amide bonds. The van der Waals surface area contributed by atoms with Crippen LogP contribution in [0.3, 0.4) is 0 Å². The van der Waals surface area contributed by atoms with Gasteiger partial charge in [-0.2, -0.15) is 12.7 Å². The molecular weight excluding hydrogens is 389 g/mol. The van der Waals surface area contributed by atoms with Crippen molar-refractivity contribution in [3.05, 3.63) is 70.0 Å². The summed E-state index contributed by atoms with van der Waals surface area (Å²) in [5, 5.41) is 0.212. The van der Waals surface area contributed by atoms with E-state index in [2.05, 4.69) is 21.8 Å². The molecule has 27 heavy (non-hydrogen) atoms. The third-order valence-electron chi connectivity index (χ3n) is 4.77. The molecule has 1 heterocycles. The Morgan fingerprint density at radius 1 is 1.19 bits per heavy atom. The largest absolute Gasteiger partial charge is 0.297 e. The van der Waals surface area contributed by atoms with Crippen LogP contribution in [-0.4, -0.2) is 44.3 Å². The van der Waals surface area contributed by atoms with E-state index >= 15 is 0 Å². The first-order valence-electron chi connectivity index (χ1n) is 8.80. The van der Waals surface area contributed by atoms with Crippen molar-refractivity contribution in [2.24, 2.45) is 0 Å². The minimum Gasteiger partial charge on any atom is -0.297 e. The van der Waals surface area contributed by atoms with Crippen LogP contribution in [0.25, 0.3) is 0 Å². The lowest BCUT2D eigenvalue weighted by Gasteiger charge is -2.29. The SMILES string of the molecule is CN(Cc1c(F)cccc1Cl)S(=O)(=O)NCCN1CCc2ccccc2C1. The van der Waals surface area contributed by atoms with E-state index in [9.17, 15) is 12.8 Å².